The van der Waals surface area contributed by atoms with Gasteiger partial charge >= 0.3 is 0 Å². The molecule has 0 amide bonds. The average Bonchev–Trinajstić information content (AvgIpc) is 2.09. The predicted octanol–water partition coefficient (Wildman–Crippen LogP) is -0.0927. The molecule has 0 radical (unpaired) electrons. The Bertz CT molecular complexity index is 312. The molecule has 0 saturated heterocycles. The van der Waals surface area contributed by atoms with E-state index in [9.17, 15) is 9.90 Å². The molecule has 1 aromatic rings. The number of aliphatic carboxylic acids is 1. The number of carboxylic acid groups (broad SMARTS) is 1. The normalized spacial score (nSPS) is 12.4. The zero-order valence-corrected chi connectivity index (χ0v) is 7.36. The van der Waals surface area contributed by atoms with Crippen molar-refractivity contribution in [1.82, 2.24) is 4.98 Å². The number of hydrogen-bond acceptors (Lipinski definition) is 4. The molecule has 4 nitrogen and oxygen atoms in total. The summed E-state index contributed by atoms with van der Waals surface area (Å²) in [4.78, 5) is 14.5. The molecule has 4 heteroatoms. The molecule has 0 fully saturated rings. The van der Waals surface area contributed by atoms with Crippen LogP contribution < -0.4 is 10.8 Å². The van der Waals surface area contributed by atoms with Crippen LogP contribution in [0, 0.1) is 0 Å². The monoisotopic (exact) mass is 179 g/mol. The van der Waals surface area contributed by atoms with Crippen LogP contribution in [0.15, 0.2) is 18.3 Å². The number of aromatic nitrogens is 1. The molecule has 1 heterocycles. The average molecular weight is 179 g/mol. The van der Waals surface area contributed by atoms with Gasteiger partial charge in [0, 0.05) is 23.6 Å². The largest absolute Gasteiger partial charge is 0.549 e. The van der Waals surface area contributed by atoms with E-state index >= 15 is 0 Å². The highest BCUT2D eigenvalue weighted by molar-refractivity contribution is 5.75. The number of carbonyl (C=O) groups is 1. The van der Waals surface area contributed by atoms with Crippen LogP contribution in [0.1, 0.15) is 24.8 Å². The lowest BCUT2D eigenvalue weighted by Gasteiger charge is -2.17. The fraction of sp³-hybridized carbons (Fsp3) is 0.333. The molecule has 0 aliphatic rings. The lowest BCUT2D eigenvalue weighted by Crippen LogP contribution is -2.30. The van der Waals surface area contributed by atoms with Gasteiger partial charge in [-0.3, -0.25) is 0 Å². The van der Waals surface area contributed by atoms with E-state index in [-0.39, 0.29) is 5.82 Å². The van der Waals surface area contributed by atoms with Crippen LogP contribution in [0.2, 0.25) is 0 Å². The van der Waals surface area contributed by atoms with E-state index in [1.165, 1.54) is 6.20 Å². The van der Waals surface area contributed by atoms with Gasteiger partial charge in [-0.25, -0.2) is 4.98 Å². The number of nitrogens with zero attached hydrogens (tertiary/aromatic N) is 1. The van der Waals surface area contributed by atoms with Crippen molar-refractivity contribution in [2.45, 2.75) is 19.3 Å². The highest BCUT2D eigenvalue weighted by atomic mass is 16.4. The molecule has 1 rings (SSSR count). The van der Waals surface area contributed by atoms with Crippen molar-refractivity contribution >= 4 is 11.8 Å². The predicted molar refractivity (Wildman–Crippen MR) is 46.7 cm³/mol. The van der Waals surface area contributed by atoms with Gasteiger partial charge in [-0.05, 0) is 12.5 Å². The molecule has 0 bridgehead atoms. The molecule has 0 aromatic carbocycles. The van der Waals surface area contributed by atoms with Crippen molar-refractivity contribution in [3.63, 3.8) is 0 Å². The highest BCUT2D eigenvalue weighted by Crippen LogP contribution is 2.22. The first kappa shape index (κ1) is 9.51. The van der Waals surface area contributed by atoms with Crippen LogP contribution in [0.5, 0.6) is 0 Å². The second kappa shape index (κ2) is 3.89. The molecular weight excluding hydrogens is 168 g/mol. The first-order valence-corrected chi connectivity index (χ1v) is 4.08. The molecule has 13 heavy (non-hydrogen) atoms. The number of nitrogen functional groups attached to an aromatic ring is 1. The van der Waals surface area contributed by atoms with Gasteiger partial charge in [0.25, 0.3) is 0 Å². The van der Waals surface area contributed by atoms with E-state index in [2.05, 4.69) is 4.98 Å². The molecule has 1 atom stereocenters. The molecule has 1 unspecified atom stereocenters. The highest BCUT2D eigenvalue weighted by Gasteiger charge is 2.13. The van der Waals surface area contributed by atoms with Gasteiger partial charge in [0.05, 0.1) is 0 Å². The van der Waals surface area contributed by atoms with Crippen LogP contribution in [-0.4, -0.2) is 11.0 Å². The first-order chi connectivity index (χ1) is 6.16. The fourth-order valence-electron chi connectivity index (χ4n) is 1.24. The zero-order valence-electron chi connectivity index (χ0n) is 7.36. The van der Waals surface area contributed by atoms with E-state index in [1.54, 1.807) is 19.1 Å². The molecular formula is C9H11N2O2-. The topological polar surface area (TPSA) is 79.0 Å². The van der Waals surface area contributed by atoms with Gasteiger partial charge in [-0.2, -0.15) is 0 Å². The summed E-state index contributed by atoms with van der Waals surface area (Å²) >= 11 is 0. The maximum Gasteiger partial charge on any atom is 0.127 e. The minimum absolute atomic E-state index is 0.263. The van der Waals surface area contributed by atoms with Gasteiger partial charge in [-0.1, -0.05) is 13.0 Å². The Morgan fingerprint density at radius 3 is 2.92 bits per heavy atom. The summed E-state index contributed by atoms with van der Waals surface area (Å²) in [5, 5.41) is 10.7. The Morgan fingerprint density at radius 2 is 2.46 bits per heavy atom. The van der Waals surface area contributed by atoms with E-state index in [0.717, 1.165) is 0 Å². The van der Waals surface area contributed by atoms with Gasteiger partial charge in [0.1, 0.15) is 5.82 Å². The van der Waals surface area contributed by atoms with E-state index in [4.69, 9.17) is 5.73 Å². The second-order valence-corrected chi connectivity index (χ2v) is 2.76. The number of nitrogens with two attached hydrogens (primary N) is 1. The second-order valence-electron chi connectivity index (χ2n) is 2.76. The summed E-state index contributed by atoms with van der Waals surface area (Å²) in [5.41, 5.74) is 6.06. The van der Waals surface area contributed by atoms with Crippen molar-refractivity contribution in [1.29, 1.82) is 0 Å². The maximum absolute atomic E-state index is 10.7. The van der Waals surface area contributed by atoms with E-state index in [1.807, 2.05) is 0 Å². The minimum Gasteiger partial charge on any atom is -0.549 e. The van der Waals surface area contributed by atoms with Crippen molar-refractivity contribution < 1.29 is 9.90 Å². The lowest BCUT2D eigenvalue weighted by atomic mass is 9.97. The van der Waals surface area contributed by atoms with E-state index in [0.29, 0.717) is 12.0 Å². The molecule has 1 aromatic heterocycles. The Labute approximate surface area is 76.4 Å². The Kier molecular flexibility index (Phi) is 2.84. The van der Waals surface area contributed by atoms with Crippen LogP contribution >= 0.6 is 0 Å². The molecule has 0 aliphatic heterocycles. The first-order valence-electron chi connectivity index (χ1n) is 4.08. The third kappa shape index (κ3) is 1.96. The number of pyridine rings is 1. The Hall–Kier alpha value is -1.58. The van der Waals surface area contributed by atoms with Crippen LogP contribution in [-0.2, 0) is 4.79 Å². The van der Waals surface area contributed by atoms with Gasteiger partial charge in [0.15, 0.2) is 0 Å². The third-order valence-corrected chi connectivity index (χ3v) is 1.94. The van der Waals surface area contributed by atoms with E-state index < -0.39 is 11.9 Å². The number of rotatable bonds is 3. The van der Waals surface area contributed by atoms with Gasteiger partial charge in [-0.15, -0.1) is 0 Å². The molecule has 0 spiro atoms. The van der Waals surface area contributed by atoms with Crippen molar-refractivity contribution in [2.24, 2.45) is 0 Å². The SMILES string of the molecule is CCC(C(=O)[O-])c1cccnc1N. The third-order valence-electron chi connectivity index (χ3n) is 1.94. The van der Waals surface area contributed by atoms with Crippen LogP contribution in [0.3, 0.4) is 0 Å². The van der Waals surface area contributed by atoms with Crippen molar-refractivity contribution in [3.05, 3.63) is 23.9 Å². The molecule has 2 N–H and O–H groups in total. The number of hydrogen-bond donors (Lipinski definition) is 1. The quantitative estimate of drug-likeness (QED) is 0.703. The summed E-state index contributed by atoms with van der Waals surface area (Å²) in [6.45, 7) is 1.77. The minimum atomic E-state index is -1.11. The standard InChI is InChI=1S/C9H12N2O2/c1-2-6(9(12)13)7-4-3-5-11-8(7)10/h3-6H,2H2,1H3,(H2,10,11)(H,12,13)/p-1. The summed E-state index contributed by atoms with van der Waals surface area (Å²) in [5.74, 6) is -1.51. The van der Waals surface area contributed by atoms with Gasteiger partial charge in [0.2, 0.25) is 0 Å². The Balaban J connectivity index is 3.04. The van der Waals surface area contributed by atoms with Gasteiger partial charge < -0.3 is 15.6 Å². The molecule has 0 saturated carbocycles. The van der Waals surface area contributed by atoms with Crippen molar-refractivity contribution in [2.75, 3.05) is 5.73 Å². The lowest BCUT2D eigenvalue weighted by molar-refractivity contribution is -0.308. The summed E-state index contributed by atoms with van der Waals surface area (Å²) in [6.07, 6.45) is 1.99. The number of carbonyl (C=O) groups excluding carboxylic acids is 1. The number of carboxylic acids is 1. The molecule has 0 aliphatic carbocycles. The summed E-state index contributed by atoms with van der Waals surface area (Å²) in [6, 6.07) is 3.32. The Morgan fingerprint density at radius 1 is 1.77 bits per heavy atom. The van der Waals surface area contributed by atoms with Crippen LogP contribution in [0.4, 0.5) is 5.82 Å². The zero-order chi connectivity index (χ0) is 9.84. The number of anilines is 1. The summed E-state index contributed by atoms with van der Waals surface area (Å²) in [7, 11) is 0. The fourth-order valence-corrected chi connectivity index (χ4v) is 1.24. The molecule has 70 valence electrons. The van der Waals surface area contributed by atoms with Crippen molar-refractivity contribution in [3.8, 4) is 0 Å². The maximum atomic E-state index is 10.7. The van der Waals surface area contributed by atoms with Crippen LogP contribution in [0.25, 0.3) is 0 Å². The summed E-state index contributed by atoms with van der Waals surface area (Å²) < 4.78 is 0. The smallest absolute Gasteiger partial charge is 0.127 e.